The van der Waals surface area contributed by atoms with E-state index < -0.39 is 11.7 Å². The van der Waals surface area contributed by atoms with Gasteiger partial charge in [-0.2, -0.15) is 23.0 Å². The first kappa shape index (κ1) is 32.0. The van der Waals surface area contributed by atoms with Crippen LogP contribution in [0.1, 0.15) is 69.4 Å². The van der Waals surface area contributed by atoms with Gasteiger partial charge in [0.2, 0.25) is 5.69 Å². The van der Waals surface area contributed by atoms with Crippen LogP contribution in [0.3, 0.4) is 0 Å². The lowest BCUT2D eigenvalue weighted by atomic mass is 9.80. The van der Waals surface area contributed by atoms with Crippen LogP contribution in [0.2, 0.25) is 0 Å². The topological polar surface area (TPSA) is 27.7 Å². The van der Waals surface area contributed by atoms with Gasteiger partial charge in [0.1, 0.15) is 18.7 Å². The van der Waals surface area contributed by atoms with Crippen LogP contribution in [-0.2, 0) is 25.1 Å². The highest BCUT2D eigenvalue weighted by Crippen LogP contribution is 2.42. The third-order valence-corrected chi connectivity index (χ3v) is 8.43. The van der Waals surface area contributed by atoms with Crippen molar-refractivity contribution in [3.05, 3.63) is 113 Å². The van der Waals surface area contributed by atoms with Crippen molar-refractivity contribution in [3.8, 4) is 39.6 Å². The van der Waals surface area contributed by atoms with Crippen LogP contribution < -0.4 is 4.57 Å². The molecule has 5 heteroatoms. The van der Waals surface area contributed by atoms with Crippen molar-refractivity contribution in [2.45, 2.75) is 66.5 Å². The monoisotopic (exact) mass is 605 g/mol. The van der Waals surface area contributed by atoms with Gasteiger partial charge in [-0.15, -0.1) is 0 Å². The number of pyridine rings is 1. The third kappa shape index (κ3) is 6.52. The van der Waals surface area contributed by atoms with E-state index in [1.165, 1.54) is 12.1 Å². The molecule has 1 aromatic heterocycles. The summed E-state index contributed by atoms with van der Waals surface area (Å²) in [6.45, 7) is 15.0. The first-order valence-corrected chi connectivity index (χ1v) is 15.3. The molecule has 0 amide bonds. The van der Waals surface area contributed by atoms with Crippen molar-refractivity contribution in [2.75, 3.05) is 0 Å². The zero-order valence-electron chi connectivity index (χ0n) is 27.3. The molecule has 45 heavy (non-hydrogen) atoms. The molecule has 4 aromatic carbocycles. The smallest absolute Gasteiger partial charge is 0.200 e. The average Bonchev–Trinajstić information content (AvgIpc) is 2.96. The summed E-state index contributed by atoms with van der Waals surface area (Å²) in [5, 5.41) is 12.4. The first-order chi connectivity index (χ1) is 21.0. The molecule has 0 aliphatic rings. The Hall–Kier alpha value is -4.43. The Morgan fingerprint density at radius 1 is 0.711 bits per heavy atom. The van der Waals surface area contributed by atoms with Crippen LogP contribution in [-0.4, -0.2) is 0 Å². The highest BCUT2D eigenvalue weighted by molar-refractivity contribution is 5.94. The van der Waals surface area contributed by atoms with Gasteiger partial charge in [-0.1, -0.05) is 102 Å². The van der Waals surface area contributed by atoms with Gasteiger partial charge in [0, 0.05) is 17.2 Å². The minimum absolute atomic E-state index is 0.0107. The molecule has 0 atom stereocenters. The van der Waals surface area contributed by atoms with E-state index in [4.69, 9.17) is 0 Å². The third-order valence-electron chi connectivity index (χ3n) is 8.43. The van der Waals surface area contributed by atoms with Gasteiger partial charge in [0.15, 0.2) is 6.20 Å². The van der Waals surface area contributed by atoms with Gasteiger partial charge in [0.05, 0.1) is 5.56 Å². The van der Waals surface area contributed by atoms with E-state index in [0.717, 1.165) is 45.1 Å². The summed E-state index contributed by atoms with van der Waals surface area (Å²) >= 11 is 0. The Morgan fingerprint density at radius 3 is 1.91 bits per heavy atom. The van der Waals surface area contributed by atoms with E-state index in [0.29, 0.717) is 11.1 Å². The van der Waals surface area contributed by atoms with Crippen molar-refractivity contribution >= 4 is 10.8 Å². The fraction of sp³-hybridized carbons (Fsp3) is 0.300. The minimum Gasteiger partial charge on any atom is -0.200 e. The van der Waals surface area contributed by atoms with Crippen molar-refractivity contribution in [2.24, 2.45) is 12.5 Å². The zero-order chi connectivity index (χ0) is 32.9. The highest BCUT2D eigenvalue weighted by Gasteiger charge is 2.35. The molecule has 0 aliphatic heterocycles. The number of benzene rings is 4. The van der Waals surface area contributed by atoms with Crippen LogP contribution in [0.15, 0.2) is 85.1 Å². The Kier molecular flexibility index (Phi) is 8.17. The number of aryl methyl sites for hydroxylation is 2. The number of rotatable bonds is 4. The molecule has 0 N–H and O–H groups in total. The number of hydrogen-bond donors (Lipinski definition) is 0. The Morgan fingerprint density at radius 2 is 1.33 bits per heavy atom. The maximum atomic E-state index is 14.8. The van der Waals surface area contributed by atoms with Crippen LogP contribution in [0.5, 0.6) is 0 Å². The van der Waals surface area contributed by atoms with Gasteiger partial charge in [-0.3, -0.25) is 0 Å². The molecule has 0 fully saturated rings. The Labute approximate surface area is 264 Å². The van der Waals surface area contributed by atoms with E-state index in [9.17, 15) is 18.4 Å². The zero-order valence-corrected chi connectivity index (χ0v) is 27.3. The van der Waals surface area contributed by atoms with E-state index >= 15 is 0 Å². The van der Waals surface area contributed by atoms with Gasteiger partial charge < -0.3 is 0 Å². The molecule has 230 valence electrons. The average molecular weight is 606 g/mol. The summed E-state index contributed by atoms with van der Waals surface area (Å²) in [4.78, 5) is 0. The van der Waals surface area contributed by atoms with Crippen LogP contribution in [0.25, 0.3) is 44.3 Å². The Bertz CT molecular complexity index is 1950. The van der Waals surface area contributed by atoms with Crippen LogP contribution >= 0.6 is 0 Å². The molecule has 0 radical (unpaired) electrons. The number of alkyl halides is 3. The summed E-state index contributed by atoms with van der Waals surface area (Å²) in [7, 11) is 1.84. The van der Waals surface area contributed by atoms with E-state index in [-0.39, 0.29) is 27.5 Å². The summed E-state index contributed by atoms with van der Waals surface area (Å²) in [5.41, 5.74) is 5.79. The second-order valence-corrected chi connectivity index (χ2v) is 14.3. The van der Waals surface area contributed by atoms with E-state index in [2.05, 4.69) is 65.8 Å². The molecule has 0 unspecified atom stereocenters. The van der Waals surface area contributed by atoms with Gasteiger partial charge in [-0.05, 0) is 80.5 Å². The molecule has 5 rings (SSSR count). The van der Waals surface area contributed by atoms with Crippen molar-refractivity contribution < 1.29 is 17.7 Å². The second kappa shape index (κ2) is 11.5. The number of hydrogen-bond acceptors (Lipinski definition) is 1. The molecular weight excluding hydrogens is 565 g/mol. The molecule has 0 aliphatic carbocycles. The SMILES string of the molecule is Cc1c(-c2cc(-c3ccc(-c4ccc(CC(C)(C)C)cc4)cc3C(F)(F)F)c(C#N)c[n+]2C)cc(C(C)(C)C)c2ccccc12. The molecule has 1 heterocycles. The van der Waals surface area contributed by atoms with E-state index in [1.807, 2.05) is 54.9 Å². The number of fused-ring (bicyclic) bond motifs is 1. The van der Waals surface area contributed by atoms with Crippen molar-refractivity contribution in [3.63, 3.8) is 0 Å². The molecule has 0 spiro atoms. The molecule has 5 aromatic rings. The fourth-order valence-electron chi connectivity index (χ4n) is 6.26. The predicted octanol–water partition coefficient (Wildman–Crippen LogP) is 10.8. The summed E-state index contributed by atoms with van der Waals surface area (Å²) in [6, 6.07) is 26.5. The maximum absolute atomic E-state index is 14.8. The van der Waals surface area contributed by atoms with Crippen molar-refractivity contribution in [1.29, 1.82) is 5.26 Å². The fourth-order valence-corrected chi connectivity index (χ4v) is 6.26. The standard InChI is InChI=1S/C40H40F3N2/c1-25-30-11-9-10-12-31(30)35(39(5,6)7)20-33(25)37-21-34(29(23-44)24-45(37)8)32-18-17-28(19-36(32)40(41,42)43)27-15-13-26(14-16-27)22-38(2,3)4/h9-21,24H,22H2,1-8H3/q+1. The lowest BCUT2D eigenvalue weighted by Gasteiger charge is -2.24. The maximum Gasteiger partial charge on any atom is 0.417 e. The number of halogens is 3. The predicted molar refractivity (Wildman–Crippen MR) is 178 cm³/mol. The molecule has 0 saturated carbocycles. The molecule has 2 nitrogen and oxygen atoms in total. The van der Waals surface area contributed by atoms with Crippen LogP contribution in [0.4, 0.5) is 13.2 Å². The number of nitriles is 1. The Balaban J connectivity index is 1.71. The lowest BCUT2D eigenvalue weighted by molar-refractivity contribution is -0.660. The number of aromatic nitrogens is 1. The minimum atomic E-state index is -4.62. The summed E-state index contributed by atoms with van der Waals surface area (Å²) < 4.78 is 46.1. The van der Waals surface area contributed by atoms with Gasteiger partial charge in [-0.25, -0.2) is 0 Å². The van der Waals surface area contributed by atoms with Gasteiger partial charge in [0.25, 0.3) is 0 Å². The highest BCUT2D eigenvalue weighted by atomic mass is 19.4. The van der Waals surface area contributed by atoms with E-state index in [1.54, 1.807) is 18.3 Å². The normalized spacial score (nSPS) is 12.4. The number of nitrogens with zero attached hydrogens (tertiary/aromatic N) is 2. The molecule has 0 saturated heterocycles. The quantitative estimate of drug-likeness (QED) is 0.187. The summed E-state index contributed by atoms with van der Waals surface area (Å²) in [6.07, 6.45) is -2.11. The first-order valence-electron chi connectivity index (χ1n) is 15.3. The second-order valence-electron chi connectivity index (χ2n) is 14.3. The van der Waals surface area contributed by atoms with Crippen molar-refractivity contribution in [1.82, 2.24) is 0 Å². The molecular formula is C40H40F3N2+. The molecule has 0 bridgehead atoms. The largest absolute Gasteiger partial charge is 0.417 e. The lowest BCUT2D eigenvalue weighted by Crippen LogP contribution is -2.32. The summed E-state index contributed by atoms with van der Waals surface area (Å²) in [5.74, 6) is 0. The van der Waals surface area contributed by atoms with Gasteiger partial charge >= 0.3 is 6.18 Å². The van der Waals surface area contributed by atoms with Crippen LogP contribution in [0, 0.1) is 23.7 Å².